The number of carbonyl (C=O) groups is 2. The van der Waals surface area contributed by atoms with E-state index in [1.807, 2.05) is 12.1 Å². The zero-order chi connectivity index (χ0) is 26.5. The highest BCUT2D eigenvalue weighted by Crippen LogP contribution is 2.41. The number of rotatable bonds is 9. The lowest BCUT2D eigenvalue weighted by atomic mass is 9.95. The van der Waals surface area contributed by atoms with Crippen LogP contribution in [0.5, 0.6) is 17.2 Å². The maximum atomic E-state index is 13.4. The number of morpholine rings is 1. The molecule has 0 unspecified atom stereocenters. The first-order chi connectivity index (χ1) is 18.6. The van der Waals surface area contributed by atoms with Crippen molar-refractivity contribution in [2.75, 3.05) is 59.2 Å². The minimum absolute atomic E-state index is 0.0407. The largest absolute Gasteiger partial charge is 0.507 e. The minimum atomic E-state index is -0.764. The summed E-state index contributed by atoms with van der Waals surface area (Å²) in [6.45, 7) is 9.05. The van der Waals surface area contributed by atoms with E-state index in [1.165, 1.54) is 0 Å². The van der Waals surface area contributed by atoms with Gasteiger partial charge in [0.1, 0.15) is 31.3 Å². The third-order valence-corrected chi connectivity index (χ3v) is 6.87. The summed E-state index contributed by atoms with van der Waals surface area (Å²) >= 11 is 0. The number of aliphatic hydroxyl groups excluding tert-OH is 1. The Balaban J connectivity index is 1.49. The fraction of sp³-hybridized carbons (Fsp3) is 0.379. The van der Waals surface area contributed by atoms with Crippen LogP contribution in [0, 0.1) is 0 Å². The second-order valence-electron chi connectivity index (χ2n) is 9.33. The molecule has 2 aromatic rings. The Morgan fingerprint density at radius 1 is 1.03 bits per heavy atom. The molecule has 2 saturated heterocycles. The highest BCUT2D eigenvalue weighted by Gasteiger charge is 2.46. The van der Waals surface area contributed by atoms with Gasteiger partial charge in [-0.1, -0.05) is 24.8 Å². The van der Waals surface area contributed by atoms with Crippen molar-refractivity contribution in [1.29, 1.82) is 0 Å². The van der Waals surface area contributed by atoms with E-state index in [0.29, 0.717) is 74.4 Å². The van der Waals surface area contributed by atoms with E-state index in [4.69, 9.17) is 18.9 Å². The van der Waals surface area contributed by atoms with Crippen molar-refractivity contribution in [3.05, 3.63) is 71.8 Å². The molecule has 2 fully saturated rings. The second kappa shape index (κ2) is 11.7. The number of nitrogens with zero attached hydrogens (tertiary/aromatic N) is 2. The molecule has 3 aliphatic heterocycles. The van der Waals surface area contributed by atoms with E-state index < -0.39 is 17.7 Å². The number of carbonyl (C=O) groups excluding carboxylic acids is 2. The molecule has 0 saturated carbocycles. The van der Waals surface area contributed by atoms with Gasteiger partial charge in [0.2, 0.25) is 0 Å². The Hall–Kier alpha value is -3.82. The molecule has 9 nitrogen and oxygen atoms in total. The molecule has 0 radical (unpaired) electrons. The van der Waals surface area contributed by atoms with Crippen molar-refractivity contribution in [3.63, 3.8) is 0 Å². The van der Waals surface area contributed by atoms with E-state index in [0.717, 1.165) is 19.6 Å². The summed E-state index contributed by atoms with van der Waals surface area (Å²) in [7, 11) is 0. The highest BCUT2D eigenvalue weighted by atomic mass is 16.6. The molecule has 38 heavy (non-hydrogen) atoms. The lowest BCUT2D eigenvalue weighted by molar-refractivity contribution is -0.140. The lowest BCUT2D eigenvalue weighted by Crippen LogP contribution is -2.38. The van der Waals surface area contributed by atoms with Crippen LogP contribution in [0.15, 0.2) is 60.7 Å². The zero-order valence-corrected chi connectivity index (χ0v) is 21.3. The molecule has 3 aliphatic rings. The van der Waals surface area contributed by atoms with Crippen molar-refractivity contribution >= 4 is 17.4 Å². The van der Waals surface area contributed by atoms with Crippen LogP contribution in [-0.4, -0.2) is 85.8 Å². The molecule has 1 amide bonds. The van der Waals surface area contributed by atoms with E-state index in [9.17, 15) is 14.7 Å². The summed E-state index contributed by atoms with van der Waals surface area (Å²) in [4.78, 5) is 30.5. The van der Waals surface area contributed by atoms with Gasteiger partial charge in [-0.2, -0.15) is 0 Å². The maximum Gasteiger partial charge on any atom is 0.295 e. The summed E-state index contributed by atoms with van der Waals surface area (Å²) in [5, 5.41) is 11.4. The van der Waals surface area contributed by atoms with E-state index in [1.54, 1.807) is 41.3 Å². The van der Waals surface area contributed by atoms with Crippen LogP contribution in [-0.2, 0) is 14.3 Å². The molecule has 0 spiro atoms. The van der Waals surface area contributed by atoms with E-state index >= 15 is 0 Å². The predicted octanol–water partition coefficient (Wildman–Crippen LogP) is 3.17. The SMILES string of the molecule is C=CCOc1cccc([C@H]2C(=C(O)c3ccc4c(c3)OCCO4)C(=O)C(=O)N2CCCN2CCOCC2)c1. The number of fused-ring (bicyclic) bond motifs is 1. The number of hydrogen-bond donors (Lipinski definition) is 1. The number of benzene rings is 2. The molecular formula is C29H32N2O7. The lowest BCUT2D eigenvalue weighted by Gasteiger charge is -2.29. The first-order valence-electron chi connectivity index (χ1n) is 12.9. The zero-order valence-electron chi connectivity index (χ0n) is 21.3. The van der Waals surface area contributed by atoms with Gasteiger partial charge in [0.25, 0.3) is 11.7 Å². The molecule has 0 aromatic heterocycles. The smallest absolute Gasteiger partial charge is 0.295 e. The summed E-state index contributed by atoms with van der Waals surface area (Å²) in [6.07, 6.45) is 2.33. The molecule has 5 rings (SSSR count). The van der Waals surface area contributed by atoms with Crippen molar-refractivity contribution in [2.45, 2.75) is 12.5 Å². The molecule has 0 aliphatic carbocycles. The maximum absolute atomic E-state index is 13.4. The van der Waals surface area contributed by atoms with Gasteiger partial charge < -0.3 is 29.0 Å². The number of hydrogen-bond acceptors (Lipinski definition) is 8. The quantitative estimate of drug-likeness (QED) is 0.233. The van der Waals surface area contributed by atoms with Gasteiger partial charge >= 0.3 is 0 Å². The third-order valence-electron chi connectivity index (χ3n) is 6.87. The molecule has 0 bridgehead atoms. The highest BCUT2D eigenvalue weighted by molar-refractivity contribution is 6.46. The Labute approximate surface area is 221 Å². The molecule has 1 N–H and O–H groups in total. The fourth-order valence-electron chi connectivity index (χ4n) is 5.02. The standard InChI is InChI=1S/C29H32N2O7/c1-2-13-36-22-6-3-5-20(18-22)26-25(27(32)21-7-8-23-24(19-21)38-17-16-37-23)28(33)29(34)31(26)10-4-9-30-11-14-35-15-12-30/h2-3,5-8,18-19,26,32H,1,4,9-17H2/t26-/m0/s1. The Morgan fingerprint density at radius 2 is 1.82 bits per heavy atom. The summed E-state index contributed by atoms with van der Waals surface area (Å²) in [5.74, 6) is 0.0371. The number of amides is 1. The second-order valence-corrected chi connectivity index (χ2v) is 9.33. The third kappa shape index (κ3) is 5.39. The number of Topliss-reactive ketones (excluding diaryl/α,β-unsaturated/α-hetero) is 1. The number of ketones is 1. The van der Waals surface area contributed by atoms with Crippen LogP contribution in [0.1, 0.15) is 23.6 Å². The van der Waals surface area contributed by atoms with Crippen LogP contribution < -0.4 is 14.2 Å². The van der Waals surface area contributed by atoms with Gasteiger partial charge in [0, 0.05) is 31.7 Å². The molecule has 1 atom stereocenters. The Morgan fingerprint density at radius 3 is 2.61 bits per heavy atom. The summed E-state index contributed by atoms with van der Waals surface area (Å²) < 4.78 is 22.4. The first kappa shape index (κ1) is 25.8. The van der Waals surface area contributed by atoms with Gasteiger partial charge in [0.15, 0.2) is 11.5 Å². The molecule has 3 heterocycles. The monoisotopic (exact) mass is 520 g/mol. The number of likely N-dealkylation sites (tertiary alicyclic amines) is 1. The van der Waals surface area contributed by atoms with Crippen LogP contribution in [0.3, 0.4) is 0 Å². The average molecular weight is 521 g/mol. The van der Waals surface area contributed by atoms with Crippen molar-refractivity contribution in [2.24, 2.45) is 0 Å². The molecule has 9 heteroatoms. The fourth-order valence-corrected chi connectivity index (χ4v) is 5.02. The average Bonchev–Trinajstić information content (AvgIpc) is 3.21. The number of ether oxygens (including phenoxy) is 4. The van der Waals surface area contributed by atoms with Gasteiger partial charge in [-0.25, -0.2) is 0 Å². The van der Waals surface area contributed by atoms with Crippen LogP contribution in [0.4, 0.5) is 0 Å². The van der Waals surface area contributed by atoms with Gasteiger partial charge in [0.05, 0.1) is 24.8 Å². The summed E-state index contributed by atoms with van der Waals surface area (Å²) in [5.41, 5.74) is 1.10. The van der Waals surface area contributed by atoms with Crippen molar-refractivity contribution in [3.8, 4) is 17.2 Å². The Bertz CT molecular complexity index is 1240. The number of aliphatic hydroxyl groups is 1. The van der Waals surface area contributed by atoms with Crippen molar-refractivity contribution < 1.29 is 33.6 Å². The molecular weight excluding hydrogens is 488 g/mol. The topological polar surface area (TPSA) is 97.8 Å². The van der Waals surface area contributed by atoms with Crippen LogP contribution in [0.25, 0.3) is 5.76 Å². The van der Waals surface area contributed by atoms with Crippen LogP contribution >= 0.6 is 0 Å². The van der Waals surface area contributed by atoms with Gasteiger partial charge in [-0.15, -0.1) is 0 Å². The Kier molecular flexibility index (Phi) is 7.95. The van der Waals surface area contributed by atoms with E-state index in [2.05, 4.69) is 11.5 Å². The molecule has 200 valence electrons. The summed E-state index contributed by atoms with van der Waals surface area (Å²) in [6, 6.07) is 11.5. The van der Waals surface area contributed by atoms with Gasteiger partial charge in [-0.3, -0.25) is 14.5 Å². The van der Waals surface area contributed by atoms with Crippen molar-refractivity contribution in [1.82, 2.24) is 9.80 Å². The molecule has 2 aromatic carbocycles. The van der Waals surface area contributed by atoms with Crippen LogP contribution in [0.2, 0.25) is 0 Å². The van der Waals surface area contributed by atoms with Gasteiger partial charge in [-0.05, 0) is 42.3 Å². The first-order valence-corrected chi connectivity index (χ1v) is 12.9. The normalized spacial score (nSPS) is 20.9. The van der Waals surface area contributed by atoms with E-state index in [-0.39, 0.29) is 11.3 Å². The minimum Gasteiger partial charge on any atom is -0.507 e. The predicted molar refractivity (Wildman–Crippen MR) is 140 cm³/mol.